The number of nitrogens with zero attached hydrogens (tertiary/aromatic N) is 4. The maximum atomic E-state index is 4.67. The Morgan fingerprint density at radius 3 is 3.00 bits per heavy atom. The lowest BCUT2D eigenvalue weighted by Gasteiger charge is -2.36. The molecule has 0 spiro atoms. The number of hydrogen-bond donors (Lipinski definition) is 1. The van der Waals surface area contributed by atoms with E-state index in [4.69, 9.17) is 0 Å². The highest BCUT2D eigenvalue weighted by atomic mass is 15.4. The summed E-state index contributed by atoms with van der Waals surface area (Å²) in [5.41, 5.74) is 2.11. The molecule has 0 aromatic carbocycles. The summed E-state index contributed by atoms with van der Waals surface area (Å²) in [5, 5.41) is 8.06. The molecule has 2 aromatic rings. The number of rotatable bonds is 1. The molecule has 0 radical (unpaired) electrons. The van der Waals surface area contributed by atoms with Crippen LogP contribution in [-0.2, 0) is 0 Å². The molecule has 0 amide bonds. The van der Waals surface area contributed by atoms with Crippen molar-refractivity contribution >= 4 is 11.6 Å². The van der Waals surface area contributed by atoms with Crippen molar-refractivity contribution in [2.24, 2.45) is 0 Å². The summed E-state index contributed by atoms with van der Waals surface area (Å²) in [6.07, 6.45) is 1.95. The average Bonchev–Trinajstić information content (AvgIpc) is 2.77. The van der Waals surface area contributed by atoms with Crippen molar-refractivity contribution in [2.45, 2.75) is 32.9 Å². The minimum Gasteiger partial charge on any atom is -0.334 e. The van der Waals surface area contributed by atoms with Gasteiger partial charge in [-0.2, -0.15) is 4.98 Å². The van der Waals surface area contributed by atoms with E-state index in [1.807, 2.05) is 16.8 Å². The molecule has 0 aliphatic carbocycles. The van der Waals surface area contributed by atoms with Crippen molar-refractivity contribution in [3.05, 3.63) is 23.9 Å². The Labute approximate surface area is 107 Å². The first-order valence-corrected chi connectivity index (χ1v) is 6.47. The third-order valence-electron chi connectivity index (χ3n) is 3.57. The normalized spacial score (nSPS) is 24.7. The van der Waals surface area contributed by atoms with Crippen LogP contribution < -0.4 is 10.2 Å². The van der Waals surface area contributed by atoms with Crippen molar-refractivity contribution in [3.63, 3.8) is 0 Å². The van der Waals surface area contributed by atoms with Gasteiger partial charge in [0.15, 0.2) is 5.65 Å². The zero-order valence-corrected chi connectivity index (χ0v) is 11.1. The largest absolute Gasteiger partial charge is 0.334 e. The topological polar surface area (TPSA) is 45.5 Å². The molecule has 2 aromatic heterocycles. The van der Waals surface area contributed by atoms with Gasteiger partial charge in [-0.1, -0.05) is 6.07 Å². The molecule has 1 aliphatic heterocycles. The molecule has 18 heavy (non-hydrogen) atoms. The smallest absolute Gasteiger partial charge is 0.246 e. The van der Waals surface area contributed by atoms with E-state index < -0.39 is 0 Å². The average molecular weight is 245 g/mol. The van der Waals surface area contributed by atoms with Crippen LogP contribution in [-0.4, -0.2) is 39.8 Å². The Hall–Kier alpha value is -1.62. The zero-order valence-electron chi connectivity index (χ0n) is 11.1. The van der Waals surface area contributed by atoms with E-state index in [1.165, 1.54) is 0 Å². The first-order valence-electron chi connectivity index (χ1n) is 6.47. The van der Waals surface area contributed by atoms with Gasteiger partial charge in [-0.05, 0) is 32.4 Å². The van der Waals surface area contributed by atoms with Crippen LogP contribution in [0.4, 0.5) is 5.95 Å². The molecule has 0 saturated carbocycles. The molecule has 5 heteroatoms. The molecule has 0 bridgehead atoms. The molecule has 5 nitrogen and oxygen atoms in total. The Balaban J connectivity index is 2.00. The van der Waals surface area contributed by atoms with Crippen LogP contribution in [0.25, 0.3) is 5.65 Å². The molecule has 3 heterocycles. The number of nitrogens with one attached hydrogen (secondary N) is 1. The SMILES string of the molecule is Cc1cccn2nc(N3CC(C)NCC3C)nc12. The van der Waals surface area contributed by atoms with Crippen LogP contribution >= 0.6 is 0 Å². The Kier molecular flexibility index (Phi) is 2.70. The lowest BCUT2D eigenvalue weighted by Crippen LogP contribution is -2.54. The van der Waals surface area contributed by atoms with Crippen LogP contribution in [0.1, 0.15) is 19.4 Å². The van der Waals surface area contributed by atoms with Crippen LogP contribution in [0.3, 0.4) is 0 Å². The number of fused-ring (bicyclic) bond motifs is 1. The number of piperazine rings is 1. The molecule has 2 unspecified atom stereocenters. The van der Waals surface area contributed by atoms with Crippen LogP contribution in [0, 0.1) is 6.92 Å². The lowest BCUT2D eigenvalue weighted by molar-refractivity contribution is 0.420. The minimum atomic E-state index is 0.430. The van der Waals surface area contributed by atoms with Crippen molar-refractivity contribution in [1.29, 1.82) is 0 Å². The molecular formula is C13H19N5. The highest BCUT2D eigenvalue weighted by molar-refractivity contribution is 5.51. The minimum absolute atomic E-state index is 0.430. The molecular weight excluding hydrogens is 226 g/mol. The fourth-order valence-electron chi connectivity index (χ4n) is 2.45. The van der Waals surface area contributed by atoms with Crippen LogP contribution in [0.2, 0.25) is 0 Å². The van der Waals surface area contributed by atoms with Crippen molar-refractivity contribution < 1.29 is 0 Å². The summed E-state index contributed by atoms with van der Waals surface area (Å²) >= 11 is 0. The lowest BCUT2D eigenvalue weighted by atomic mass is 10.1. The second-order valence-electron chi connectivity index (χ2n) is 5.18. The predicted molar refractivity (Wildman–Crippen MR) is 72.0 cm³/mol. The van der Waals surface area contributed by atoms with Gasteiger partial charge >= 0.3 is 0 Å². The summed E-state index contributed by atoms with van der Waals surface area (Å²) < 4.78 is 1.87. The highest BCUT2D eigenvalue weighted by Crippen LogP contribution is 2.18. The number of aromatic nitrogens is 3. The summed E-state index contributed by atoms with van der Waals surface area (Å²) in [6.45, 7) is 8.40. The van der Waals surface area contributed by atoms with Gasteiger partial charge in [0, 0.05) is 31.4 Å². The number of hydrogen-bond acceptors (Lipinski definition) is 4. The Morgan fingerprint density at radius 2 is 2.22 bits per heavy atom. The molecule has 1 N–H and O–H groups in total. The third kappa shape index (κ3) is 1.84. The monoisotopic (exact) mass is 245 g/mol. The summed E-state index contributed by atoms with van der Waals surface area (Å²) in [5.74, 6) is 0.838. The van der Waals surface area contributed by atoms with E-state index in [2.05, 4.69) is 47.1 Å². The van der Waals surface area contributed by atoms with E-state index in [-0.39, 0.29) is 0 Å². The fraction of sp³-hybridized carbons (Fsp3) is 0.538. The second kappa shape index (κ2) is 4.24. The van der Waals surface area contributed by atoms with Crippen LogP contribution in [0.15, 0.2) is 18.3 Å². The van der Waals surface area contributed by atoms with E-state index in [0.717, 1.165) is 30.2 Å². The van der Waals surface area contributed by atoms with E-state index in [0.29, 0.717) is 12.1 Å². The van der Waals surface area contributed by atoms with Gasteiger partial charge in [0.25, 0.3) is 0 Å². The number of pyridine rings is 1. The summed E-state index contributed by atoms with van der Waals surface area (Å²) in [6, 6.07) is 4.98. The molecule has 2 atom stereocenters. The second-order valence-corrected chi connectivity index (χ2v) is 5.18. The van der Waals surface area contributed by atoms with Crippen molar-refractivity contribution in [3.8, 4) is 0 Å². The van der Waals surface area contributed by atoms with E-state index >= 15 is 0 Å². The van der Waals surface area contributed by atoms with Gasteiger partial charge in [0.2, 0.25) is 5.95 Å². The number of aryl methyl sites for hydroxylation is 1. The maximum absolute atomic E-state index is 4.67. The third-order valence-corrected chi connectivity index (χ3v) is 3.57. The first-order chi connectivity index (χ1) is 8.65. The number of anilines is 1. The maximum Gasteiger partial charge on any atom is 0.246 e. The zero-order chi connectivity index (χ0) is 12.7. The Bertz CT molecular complexity index is 562. The van der Waals surface area contributed by atoms with Crippen molar-refractivity contribution in [1.82, 2.24) is 19.9 Å². The molecule has 1 aliphatic rings. The first kappa shape index (κ1) is 11.5. The molecule has 1 saturated heterocycles. The van der Waals surface area contributed by atoms with Gasteiger partial charge in [-0.3, -0.25) is 0 Å². The fourth-order valence-corrected chi connectivity index (χ4v) is 2.45. The molecule has 1 fully saturated rings. The van der Waals surface area contributed by atoms with Gasteiger partial charge in [0.1, 0.15) is 0 Å². The van der Waals surface area contributed by atoms with Gasteiger partial charge < -0.3 is 10.2 Å². The summed E-state index contributed by atoms with van der Waals surface area (Å²) in [4.78, 5) is 6.96. The quantitative estimate of drug-likeness (QED) is 0.820. The molecule has 3 rings (SSSR count). The standard InChI is InChI=1S/C13H19N5/c1-9-5-4-6-18-12(9)15-13(16-18)17-8-10(2)14-7-11(17)3/h4-6,10-11,14H,7-8H2,1-3H3. The summed E-state index contributed by atoms with van der Waals surface area (Å²) in [7, 11) is 0. The highest BCUT2D eigenvalue weighted by Gasteiger charge is 2.25. The van der Waals surface area contributed by atoms with Gasteiger partial charge in [-0.15, -0.1) is 5.10 Å². The van der Waals surface area contributed by atoms with Gasteiger partial charge in [-0.25, -0.2) is 4.52 Å². The van der Waals surface area contributed by atoms with E-state index in [1.54, 1.807) is 0 Å². The predicted octanol–water partition coefficient (Wildman–Crippen LogP) is 1.22. The van der Waals surface area contributed by atoms with Crippen LogP contribution in [0.5, 0.6) is 0 Å². The Morgan fingerprint density at radius 1 is 1.39 bits per heavy atom. The van der Waals surface area contributed by atoms with E-state index in [9.17, 15) is 0 Å². The molecule has 96 valence electrons. The van der Waals surface area contributed by atoms with Crippen molar-refractivity contribution in [2.75, 3.05) is 18.0 Å². The van der Waals surface area contributed by atoms with Gasteiger partial charge in [0.05, 0.1) is 0 Å².